The topological polar surface area (TPSA) is 30.5 Å². The average Bonchev–Trinajstić information content (AvgIpc) is 3.23. The lowest BCUT2D eigenvalue weighted by Crippen LogP contribution is -2.17. The molecule has 3 nitrogen and oxygen atoms in total. The molecule has 1 aliphatic carbocycles. The van der Waals surface area contributed by atoms with Crippen molar-refractivity contribution >= 4 is 15.9 Å². The molecule has 2 rings (SSSR count). The molecular formula is C15H22BrNO2. The summed E-state index contributed by atoms with van der Waals surface area (Å²) in [7, 11) is 3.38. The molecule has 0 heterocycles. The fraction of sp³-hybridized carbons (Fsp3) is 0.600. The third kappa shape index (κ3) is 4.39. The summed E-state index contributed by atoms with van der Waals surface area (Å²) in [6.07, 6.45) is 6.12. The molecule has 0 atom stereocenters. The molecule has 0 radical (unpaired) electrons. The first kappa shape index (κ1) is 14.7. The Morgan fingerprint density at radius 1 is 1.21 bits per heavy atom. The molecule has 0 aliphatic heterocycles. The normalized spacial score (nSPS) is 14.5. The van der Waals surface area contributed by atoms with Gasteiger partial charge in [-0.3, -0.25) is 0 Å². The Hall–Kier alpha value is -0.740. The first-order valence-corrected chi connectivity index (χ1v) is 7.67. The minimum Gasteiger partial charge on any atom is -0.497 e. The molecular weight excluding hydrogens is 306 g/mol. The predicted molar refractivity (Wildman–Crippen MR) is 81.2 cm³/mol. The van der Waals surface area contributed by atoms with Crippen molar-refractivity contribution < 1.29 is 9.47 Å². The summed E-state index contributed by atoms with van der Waals surface area (Å²) >= 11 is 3.61. The van der Waals surface area contributed by atoms with Crippen LogP contribution in [0.4, 0.5) is 0 Å². The highest BCUT2D eigenvalue weighted by atomic mass is 79.9. The van der Waals surface area contributed by atoms with Gasteiger partial charge in [0.05, 0.1) is 14.2 Å². The number of ether oxygens (including phenoxy) is 2. The van der Waals surface area contributed by atoms with Gasteiger partial charge in [0, 0.05) is 22.1 Å². The molecule has 0 aromatic heterocycles. The van der Waals surface area contributed by atoms with Crippen molar-refractivity contribution in [3.8, 4) is 11.5 Å². The standard InChI is InChI=1S/C15H22BrNO2/c1-18-12-9-14(16)13(15(10-12)19-2)5-3-4-8-17-11-6-7-11/h9-11,17H,3-8H2,1-2H3. The summed E-state index contributed by atoms with van der Waals surface area (Å²) in [5.74, 6) is 1.73. The van der Waals surface area contributed by atoms with E-state index in [2.05, 4.69) is 21.2 Å². The Morgan fingerprint density at radius 3 is 2.63 bits per heavy atom. The molecule has 106 valence electrons. The van der Waals surface area contributed by atoms with E-state index < -0.39 is 0 Å². The highest BCUT2D eigenvalue weighted by Gasteiger charge is 2.19. The van der Waals surface area contributed by atoms with Crippen molar-refractivity contribution in [2.45, 2.75) is 38.1 Å². The van der Waals surface area contributed by atoms with Crippen LogP contribution in [0.5, 0.6) is 11.5 Å². The summed E-state index contributed by atoms with van der Waals surface area (Å²) < 4.78 is 11.8. The number of rotatable bonds is 8. The van der Waals surface area contributed by atoms with Gasteiger partial charge in [-0.1, -0.05) is 15.9 Å². The maximum absolute atomic E-state index is 5.45. The van der Waals surface area contributed by atoms with Crippen molar-refractivity contribution in [1.29, 1.82) is 0 Å². The fourth-order valence-electron chi connectivity index (χ4n) is 2.15. The summed E-state index contributed by atoms with van der Waals surface area (Å²) in [5, 5.41) is 3.54. The van der Waals surface area contributed by atoms with Crippen LogP contribution in [0.2, 0.25) is 0 Å². The number of hydrogen-bond acceptors (Lipinski definition) is 3. The van der Waals surface area contributed by atoms with Crippen LogP contribution in [-0.2, 0) is 6.42 Å². The Bertz CT molecular complexity index is 419. The van der Waals surface area contributed by atoms with Gasteiger partial charge in [-0.2, -0.15) is 0 Å². The number of nitrogens with one attached hydrogen (secondary N) is 1. The first-order chi connectivity index (χ1) is 9.24. The molecule has 1 aromatic carbocycles. The fourth-order valence-corrected chi connectivity index (χ4v) is 2.77. The predicted octanol–water partition coefficient (Wildman–Crippen LogP) is 3.54. The third-order valence-electron chi connectivity index (χ3n) is 3.45. The van der Waals surface area contributed by atoms with Crippen LogP contribution in [0.1, 0.15) is 31.2 Å². The van der Waals surface area contributed by atoms with E-state index in [0.29, 0.717) is 0 Å². The number of hydrogen-bond donors (Lipinski definition) is 1. The maximum atomic E-state index is 5.45. The summed E-state index contributed by atoms with van der Waals surface area (Å²) in [5.41, 5.74) is 1.23. The SMILES string of the molecule is COc1cc(Br)c(CCCCNC2CC2)c(OC)c1. The van der Waals surface area contributed by atoms with Crippen LogP contribution < -0.4 is 14.8 Å². The van der Waals surface area contributed by atoms with Crippen LogP contribution in [-0.4, -0.2) is 26.8 Å². The lowest BCUT2D eigenvalue weighted by atomic mass is 10.1. The van der Waals surface area contributed by atoms with Crippen molar-refractivity contribution in [2.24, 2.45) is 0 Å². The number of unbranched alkanes of at least 4 members (excludes halogenated alkanes) is 1. The molecule has 1 aromatic rings. The molecule has 19 heavy (non-hydrogen) atoms. The van der Waals surface area contributed by atoms with Crippen molar-refractivity contribution in [3.05, 3.63) is 22.2 Å². The minimum absolute atomic E-state index is 0.808. The van der Waals surface area contributed by atoms with Gasteiger partial charge in [0.25, 0.3) is 0 Å². The second kappa shape index (κ2) is 7.15. The number of methoxy groups -OCH3 is 2. The lowest BCUT2D eigenvalue weighted by molar-refractivity contribution is 0.390. The summed E-state index contributed by atoms with van der Waals surface area (Å²) in [6, 6.07) is 4.75. The summed E-state index contributed by atoms with van der Waals surface area (Å²) in [6.45, 7) is 1.13. The Morgan fingerprint density at radius 2 is 2.00 bits per heavy atom. The van der Waals surface area contributed by atoms with E-state index in [0.717, 1.165) is 35.0 Å². The van der Waals surface area contributed by atoms with Crippen molar-refractivity contribution in [1.82, 2.24) is 5.32 Å². The second-order valence-corrected chi connectivity index (χ2v) is 5.83. The molecule has 1 fully saturated rings. The van der Waals surface area contributed by atoms with Gasteiger partial charge in [0.2, 0.25) is 0 Å². The van der Waals surface area contributed by atoms with Gasteiger partial charge >= 0.3 is 0 Å². The van der Waals surface area contributed by atoms with Crippen molar-refractivity contribution in [2.75, 3.05) is 20.8 Å². The number of halogens is 1. The molecule has 4 heteroatoms. The molecule has 0 saturated heterocycles. The van der Waals surface area contributed by atoms with Crippen molar-refractivity contribution in [3.63, 3.8) is 0 Å². The number of benzene rings is 1. The molecule has 1 saturated carbocycles. The van der Waals surface area contributed by atoms with Gasteiger partial charge in [-0.05, 0) is 44.7 Å². The first-order valence-electron chi connectivity index (χ1n) is 6.88. The van der Waals surface area contributed by atoms with Gasteiger partial charge in [0.1, 0.15) is 11.5 Å². The molecule has 0 amide bonds. The minimum atomic E-state index is 0.808. The Balaban J connectivity index is 1.86. The van der Waals surface area contributed by atoms with Crippen LogP contribution >= 0.6 is 15.9 Å². The third-order valence-corrected chi connectivity index (χ3v) is 4.16. The smallest absolute Gasteiger partial charge is 0.126 e. The molecule has 1 N–H and O–H groups in total. The molecule has 0 bridgehead atoms. The van der Waals surface area contributed by atoms with Gasteiger partial charge < -0.3 is 14.8 Å². The maximum Gasteiger partial charge on any atom is 0.126 e. The van der Waals surface area contributed by atoms with Crippen LogP contribution in [0.15, 0.2) is 16.6 Å². The molecule has 0 spiro atoms. The average molecular weight is 328 g/mol. The van der Waals surface area contributed by atoms with Gasteiger partial charge in [0.15, 0.2) is 0 Å². The zero-order chi connectivity index (χ0) is 13.7. The zero-order valence-corrected chi connectivity index (χ0v) is 13.3. The Kier molecular flexibility index (Phi) is 5.52. The second-order valence-electron chi connectivity index (χ2n) is 4.98. The monoisotopic (exact) mass is 327 g/mol. The van der Waals surface area contributed by atoms with E-state index in [1.165, 1.54) is 31.2 Å². The highest BCUT2D eigenvalue weighted by molar-refractivity contribution is 9.10. The Labute approximate surface area is 123 Å². The van der Waals surface area contributed by atoms with E-state index in [1.54, 1.807) is 14.2 Å². The van der Waals surface area contributed by atoms with E-state index in [9.17, 15) is 0 Å². The van der Waals surface area contributed by atoms with Gasteiger partial charge in [-0.15, -0.1) is 0 Å². The summed E-state index contributed by atoms with van der Waals surface area (Å²) in [4.78, 5) is 0. The lowest BCUT2D eigenvalue weighted by Gasteiger charge is -2.13. The van der Waals surface area contributed by atoms with Crippen LogP contribution in [0, 0.1) is 0 Å². The van der Waals surface area contributed by atoms with E-state index in [-0.39, 0.29) is 0 Å². The van der Waals surface area contributed by atoms with E-state index in [4.69, 9.17) is 9.47 Å². The van der Waals surface area contributed by atoms with Gasteiger partial charge in [-0.25, -0.2) is 0 Å². The largest absolute Gasteiger partial charge is 0.497 e. The molecule has 0 unspecified atom stereocenters. The zero-order valence-electron chi connectivity index (χ0n) is 11.7. The highest BCUT2D eigenvalue weighted by Crippen LogP contribution is 2.33. The quantitative estimate of drug-likeness (QED) is 0.741. The van der Waals surface area contributed by atoms with E-state index in [1.807, 2.05) is 12.1 Å². The van der Waals surface area contributed by atoms with Crippen LogP contribution in [0.25, 0.3) is 0 Å². The molecule has 1 aliphatic rings. The van der Waals surface area contributed by atoms with E-state index >= 15 is 0 Å². The van der Waals surface area contributed by atoms with Crippen LogP contribution in [0.3, 0.4) is 0 Å².